The number of aryl methyl sites for hydroxylation is 8. The maximum atomic E-state index is 6.24. The third-order valence-electron chi connectivity index (χ3n) is 23.3. The molecule has 13 aromatic rings. The zero-order valence-electron chi connectivity index (χ0n) is 71.4. The molecule has 0 saturated carbocycles. The number of methoxy groups -OCH3 is 6. The molecular weight excluding hydrogens is 1520 g/mol. The molecule has 1 radical (unpaired) electrons. The van der Waals surface area contributed by atoms with Crippen molar-refractivity contribution < 1.29 is 45.5 Å². The van der Waals surface area contributed by atoms with E-state index in [1.165, 1.54) is 22.3 Å². The standard InChI is InChI=1S/C106H102N6O6.Cu/c1-19-85-67(9)97-95(77-59-89(113-13)105(117-17)90(60-77)114-14)98-69(11)87(21-3)103(109-98)94(76-45-37-72(38-46-76)32-34-74-41-57-84(58-42-74)112(81-51-27-65(7)28-52-81)82-53-29-66(8)30-54-82)104-88(22-4)70(12)100(110-104)96(78-61-91(115-15)106(118-18)92(62-78)116-16)99-68(10)86(20-2)102(108-99)93(101(85)107-97)75-43-35-71(36-44-75)31-33-73-39-55-83(56-40-73)111(79-47-23-63(5)24-48-79)80-49-25-64(6)26-50-80;/h23-62H,19-22H2,1-18H3;/q-2;+2/b33-31+,34-32+,97-95?,98-95?,99-96?,100-96?,101-93?,102-93?,103-94?,104-94?;. The van der Waals surface area contributed by atoms with E-state index in [2.05, 4.69) is 311 Å². The average molecular weight is 1620 g/mol. The molecule has 119 heavy (non-hydrogen) atoms. The minimum atomic E-state index is 0. The van der Waals surface area contributed by atoms with Gasteiger partial charge in [0.25, 0.3) is 0 Å². The van der Waals surface area contributed by atoms with Gasteiger partial charge in [0.2, 0.25) is 11.5 Å². The van der Waals surface area contributed by atoms with Crippen molar-refractivity contribution in [3.63, 3.8) is 0 Å². The smallest absolute Gasteiger partial charge is 0.656 e. The van der Waals surface area contributed by atoms with Crippen LogP contribution >= 0.6 is 0 Å². The summed E-state index contributed by atoms with van der Waals surface area (Å²) in [5.74, 6) is 2.98. The van der Waals surface area contributed by atoms with E-state index in [1.54, 1.807) is 42.7 Å². The molecule has 0 fully saturated rings. The van der Waals surface area contributed by atoms with Crippen molar-refractivity contribution in [1.29, 1.82) is 0 Å². The Kier molecular flexibility index (Phi) is 24.7. The van der Waals surface area contributed by atoms with Crippen LogP contribution in [0.3, 0.4) is 0 Å². The number of aromatic nitrogens is 4. The summed E-state index contributed by atoms with van der Waals surface area (Å²) in [7, 11) is 9.93. The minimum absolute atomic E-state index is 0. The number of ether oxygens (including phenoxy) is 6. The normalized spacial score (nSPS) is 12.1. The topological polar surface area (TPSA) is 116 Å². The van der Waals surface area contributed by atoms with Gasteiger partial charge in [0.05, 0.1) is 65.4 Å². The SMILES string of the molecule is CCC1=C(C)c2nc1c(-c1ccc(/C=C/c3ccc(N(c4ccc(C)cc4)c4ccc(C)cc4)cc3)cc1)c1[n-]c(c(C)c1CC)c(-c1cc(OC)c(OC)c(OC)c1)c1nc(c(-c3ccc(/C=C/c4ccc(N(c5ccc(C)cc5)c5ccc(C)cc5)cc4)cc3)c3[n-]c(c(C)c3CC)c2-c2cc(OC)c(OC)c(OC)c2)C(CC)=C1C.[Cu+2]. The zero-order chi connectivity index (χ0) is 82.7. The quantitative estimate of drug-likeness (QED) is 0.0424. The number of nitrogens with zero attached hydrogens (tertiary/aromatic N) is 6. The van der Waals surface area contributed by atoms with Crippen LogP contribution in [0.2, 0.25) is 0 Å². The first-order chi connectivity index (χ1) is 57.3. The first-order valence-electron chi connectivity index (χ1n) is 40.7. The second-order valence-electron chi connectivity index (χ2n) is 30.5. The first kappa shape index (κ1) is 82.7. The molecule has 603 valence electrons. The molecule has 0 atom stereocenters. The Balaban J connectivity index is 0.0000116. The molecule has 0 unspecified atom stereocenters. The van der Waals surface area contributed by atoms with Crippen LogP contribution in [0.15, 0.2) is 218 Å². The van der Waals surface area contributed by atoms with Gasteiger partial charge in [-0.3, -0.25) is 0 Å². The minimum Gasteiger partial charge on any atom is -0.656 e. The van der Waals surface area contributed by atoms with E-state index in [-0.39, 0.29) is 17.1 Å². The molecule has 13 heteroatoms. The Morgan fingerprint density at radius 2 is 0.529 bits per heavy atom. The van der Waals surface area contributed by atoms with E-state index in [4.69, 9.17) is 48.4 Å². The van der Waals surface area contributed by atoms with E-state index in [0.717, 1.165) is 190 Å². The average Bonchev–Trinajstić information content (AvgIpc) is 1.57. The Morgan fingerprint density at radius 3 is 0.765 bits per heavy atom. The van der Waals surface area contributed by atoms with Crippen LogP contribution in [0.1, 0.15) is 144 Å². The van der Waals surface area contributed by atoms with Crippen LogP contribution in [-0.2, 0) is 29.9 Å². The maximum absolute atomic E-state index is 6.24. The van der Waals surface area contributed by atoms with Gasteiger partial charge < -0.3 is 48.2 Å². The van der Waals surface area contributed by atoms with Gasteiger partial charge in [0.15, 0.2) is 23.0 Å². The largest absolute Gasteiger partial charge is 2.00 e. The maximum Gasteiger partial charge on any atom is 2.00 e. The van der Waals surface area contributed by atoms with Crippen LogP contribution in [0, 0.1) is 41.5 Å². The van der Waals surface area contributed by atoms with E-state index in [0.29, 0.717) is 60.2 Å². The molecule has 8 bridgehead atoms. The van der Waals surface area contributed by atoms with Gasteiger partial charge in [0, 0.05) is 34.1 Å². The molecule has 0 N–H and O–H groups in total. The summed E-state index contributed by atoms with van der Waals surface area (Å²) in [4.78, 5) is 29.0. The van der Waals surface area contributed by atoms with Gasteiger partial charge in [-0.2, -0.15) is 0 Å². The van der Waals surface area contributed by atoms with Crippen molar-refractivity contribution in [1.82, 2.24) is 19.9 Å². The molecule has 0 saturated heterocycles. The third-order valence-corrected chi connectivity index (χ3v) is 23.3. The second kappa shape index (κ2) is 35.6. The Morgan fingerprint density at radius 1 is 0.286 bits per heavy atom. The van der Waals surface area contributed by atoms with Gasteiger partial charge in [-0.05, 0) is 267 Å². The summed E-state index contributed by atoms with van der Waals surface area (Å²) >= 11 is 0. The molecule has 0 aliphatic carbocycles. The van der Waals surface area contributed by atoms with Crippen molar-refractivity contribution in [3.05, 3.63) is 308 Å². The summed E-state index contributed by atoms with van der Waals surface area (Å²) in [5, 5.41) is 0. The molecule has 0 amide bonds. The summed E-state index contributed by atoms with van der Waals surface area (Å²) in [6.45, 7) is 26.3. The Labute approximate surface area is 711 Å². The predicted molar refractivity (Wildman–Crippen MR) is 493 cm³/mol. The molecule has 12 nitrogen and oxygen atoms in total. The van der Waals surface area contributed by atoms with Crippen LogP contribution < -0.4 is 48.2 Å². The summed E-state index contributed by atoms with van der Waals surface area (Å²) in [6, 6.07) is 78.3. The van der Waals surface area contributed by atoms with Gasteiger partial charge in [-0.1, -0.05) is 218 Å². The number of anilines is 6. The number of hydrogen-bond acceptors (Lipinski definition) is 10. The van der Waals surface area contributed by atoms with Gasteiger partial charge in [0.1, 0.15) is 0 Å². The molecule has 2 aliphatic rings. The van der Waals surface area contributed by atoms with E-state index >= 15 is 0 Å². The van der Waals surface area contributed by atoms with Gasteiger partial charge >= 0.3 is 17.1 Å². The number of benzene rings is 10. The molecule has 3 aromatic heterocycles. The first-order valence-corrected chi connectivity index (χ1v) is 40.7. The van der Waals surface area contributed by atoms with Crippen LogP contribution in [0.25, 0.3) is 113 Å². The fourth-order valence-electron chi connectivity index (χ4n) is 16.9. The Bertz CT molecular complexity index is 5750. The van der Waals surface area contributed by atoms with Crippen LogP contribution in [0.5, 0.6) is 34.5 Å². The predicted octanol–water partition coefficient (Wildman–Crippen LogP) is 27.2. The van der Waals surface area contributed by atoms with Crippen molar-refractivity contribution in [2.24, 2.45) is 0 Å². The van der Waals surface area contributed by atoms with E-state index in [9.17, 15) is 0 Å². The zero-order valence-corrected chi connectivity index (χ0v) is 72.3. The summed E-state index contributed by atoms with van der Waals surface area (Å²) < 4.78 is 37.1. The van der Waals surface area contributed by atoms with Crippen molar-refractivity contribution in [2.45, 2.75) is 109 Å². The monoisotopic (exact) mass is 1620 g/mol. The van der Waals surface area contributed by atoms with Gasteiger partial charge in [-0.15, -0.1) is 22.1 Å². The second-order valence-corrected chi connectivity index (χ2v) is 30.5. The van der Waals surface area contributed by atoms with Crippen molar-refractivity contribution >= 4 is 103 Å². The molecule has 5 heterocycles. The number of allylic oxidation sites excluding steroid dienone is 4. The van der Waals surface area contributed by atoms with Crippen molar-refractivity contribution in [2.75, 3.05) is 52.5 Å². The van der Waals surface area contributed by atoms with Crippen LogP contribution in [0.4, 0.5) is 34.1 Å². The summed E-state index contributed by atoms with van der Waals surface area (Å²) in [5.41, 5.74) is 37.4. The van der Waals surface area contributed by atoms with E-state index in [1.807, 2.05) is 24.3 Å². The van der Waals surface area contributed by atoms with E-state index < -0.39 is 0 Å². The molecule has 10 aromatic carbocycles. The number of rotatable bonds is 24. The van der Waals surface area contributed by atoms with Gasteiger partial charge in [-0.25, -0.2) is 9.97 Å². The number of fused-ring (bicyclic) bond motifs is 8. The Hall–Kier alpha value is -12.8. The third kappa shape index (κ3) is 15.9. The van der Waals surface area contributed by atoms with Crippen LogP contribution in [-0.4, -0.2) is 52.6 Å². The van der Waals surface area contributed by atoms with Crippen molar-refractivity contribution in [3.8, 4) is 79.0 Å². The molecule has 15 rings (SSSR count). The summed E-state index contributed by atoms with van der Waals surface area (Å²) in [6.07, 6.45) is 11.3. The fourth-order valence-corrected chi connectivity index (χ4v) is 16.9. The fraction of sp³-hybridized carbons (Fsp3) is 0.208. The molecule has 0 spiro atoms. The number of hydrogen-bond donors (Lipinski definition) is 0. The molecular formula is C106H102CuN6O6. The molecule has 2 aliphatic heterocycles.